The van der Waals surface area contributed by atoms with E-state index >= 15 is 0 Å². The van der Waals surface area contributed by atoms with Crippen molar-refractivity contribution in [1.29, 1.82) is 0 Å². The first kappa shape index (κ1) is 20.9. The van der Waals surface area contributed by atoms with Gasteiger partial charge >= 0.3 is 0 Å². The number of carbonyl (C=O) groups excluding carboxylic acids is 1. The molecule has 0 aromatic heterocycles. The van der Waals surface area contributed by atoms with Gasteiger partial charge in [0.1, 0.15) is 5.75 Å². The number of primary sulfonamides is 1. The Labute approximate surface area is 160 Å². The van der Waals surface area contributed by atoms with Crippen LogP contribution in [0.2, 0.25) is 0 Å². The molecule has 2 aromatic carbocycles. The molecule has 0 fully saturated rings. The smallest absolute Gasteiger partial charge is 0.265 e. The standard InChI is InChI=1S/C20H26N2O4S/c1-13-6-9-16(12-18(13)27(21,24)25)22-19(23)14(2)26-17-10-7-15(8-11-17)20(3,4)5/h6-12,14H,1-5H3,(H,22,23)(H2,21,24,25)/t14-/m0/s1. The second-order valence-electron chi connectivity index (χ2n) is 7.55. The van der Waals surface area contributed by atoms with E-state index in [9.17, 15) is 13.2 Å². The van der Waals surface area contributed by atoms with Crippen molar-refractivity contribution in [3.63, 3.8) is 0 Å². The lowest BCUT2D eigenvalue weighted by atomic mass is 9.87. The van der Waals surface area contributed by atoms with Crippen molar-refractivity contribution in [1.82, 2.24) is 0 Å². The largest absolute Gasteiger partial charge is 0.481 e. The van der Waals surface area contributed by atoms with Crippen LogP contribution in [0, 0.1) is 6.92 Å². The third-order valence-corrected chi connectivity index (χ3v) is 5.22. The lowest BCUT2D eigenvalue weighted by molar-refractivity contribution is -0.122. The van der Waals surface area contributed by atoms with Crippen LogP contribution in [0.25, 0.3) is 0 Å². The number of carbonyl (C=O) groups is 1. The van der Waals surface area contributed by atoms with Crippen LogP contribution in [-0.4, -0.2) is 20.4 Å². The molecule has 1 atom stereocenters. The number of ether oxygens (including phenoxy) is 1. The first-order valence-corrected chi connectivity index (χ1v) is 10.1. The number of anilines is 1. The van der Waals surface area contributed by atoms with Crippen LogP contribution in [0.1, 0.15) is 38.8 Å². The predicted octanol–water partition coefficient (Wildman–Crippen LogP) is 3.35. The van der Waals surface area contributed by atoms with Gasteiger partial charge in [0, 0.05) is 5.69 Å². The molecule has 27 heavy (non-hydrogen) atoms. The van der Waals surface area contributed by atoms with Gasteiger partial charge < -0.3 is 10.1 Å². The maximum Gasteiger partial charge on any atom is 0.265 e. The molecule has 0 saturated carbocycles. The minimum atomic E-state index is -3.86. The Hall–Kier alpha value is -2.38. The lowest BCUT2D eigenvalue weighted by Crippen LogP contribution is -2.30. The monoisotopic (exact) mass is 390 g/mol. The quantitative estimate of drug-likeness (QED) is 0.818. The van der Waals surface area contributed by atoms with Gasteiger partial charge in [-0.3, -0.25) is 4.79 Å². The van der Waals surface area contributed by atoms with Crippen LogP contribution in [0.15, 0.2) is 47.4 Å². The zero-order chi connectivity index (χ0) is 20.4. The topological polar surface area (TPSA) is 98.5 Å². The van der Waals surface area contributed by atoms with Gasteiger partial charge in [-0.05, 0) is 54.7 Å². The van der Waals surface area contributed by atoms with Crippen LogP contribution in [0.4, 0.5) is 5.69 Å². The summed E-state index contributed by atoms with van der Waals surface area (Å²) in [7, 11) is -3.86. The van der Waals surface area contributed by atoms with Crippen LogP contribution in [-0.2, 0) is 20.2 Å². The van der Waals surface area contributed by atoms with Gasteiger partial charge in [-0.1, -0.05) is 39.0 Å². The Bertz CT molecular complexity index is 929. The van der Waals surface area contributed by atoms with Gasteiger partial charge in [-0.15, -0.1) is 0 Å². The molecule has 146 valence electrons. The summed E-state index contributed by atoms with van der Waals surface area (Å²) in [5.41, 5.74) is 2.06. The molecule has 7 heteroatoms. The van der Waals surface area contributed by atoms with Crippen molar-refractivity contribution >= 4 is 21.6 Å². The van der Waals surface area contributed by atoms with E-state index in [1.54, 1.807) is 26.0 Å². The summed E-state index contributed by atoms with van der Waals surface area (Å²) in [6.07, 6.45) is -0.760. The molecular formula is C20H26N2O4S. The normalized spacial score (nSPS) is 13.1. The predicted molar refractivity (Wildman–Crippen MR) is 106 cm³/mol. The van der Waals surface area contributed by atoms with Crippen LogP contribution >= 0.6 is 0 Å². The Balaban J connectivity index is 2.08. The summed E-state index contributed by atoms with van der Waals surface area (Å²) in [5, 5.41) is 7.85. The van der Waals surface area contributed by atoms with E-state index in [0.717, 1.165) is 0 Å². The van der Waals surface area contributed by atoms with E-state index < -0.39 is 16.1 Å². The number of benzene rings is 2. The van der Waals surface area contributed by atoms with Crippen LogP contribution in [0.3, 0.4) is 0 Å². The molecule has 0 aliphatic rings. The van der Waals surface area contributed by atoms with Crippen molar-refractivity contribution in [3.8, 4) is 5.75 Å². The number of aryl methyl sites for hydroxylation is 1. The fraction of sp³-hybridized carbons (Fsp3) is 0.350. The molecule has 6 nitrogen and oxygen atoms in total. The van der Waals surface area contributed by atoms with Crippen molar-refractivity contribution < 1.29 is 17.9 Å². The molecule has 0 aliphatic carbocycles. The average molecular weight is 391 g/mol. The van der Waals surface area contributed by atoms with E-state index in [2.05, 4.69) is 26.1 Å². The zero-order valence-corrected chi connectivity index (χ0v) is 17.1. The summed E-state index contributed by atoms with van der Waals surface area (Å²) in [4.78, 5) is 12.4. The van der Waals surface area contributed by atoms with E-state index in [0.29, 0.717) is 17.0 Å². The molecule has 0 bridgehead atoms. The number of nitrogens with two attached hydrogens (primary N) is 1. The number of nitrogens with one attached hydrogen (secondary N) is 1. The van der Waals surface area contributed by atoms with Gasteiger partial charge in [0.05, 0.1) is 4.90 Å². The third kappa shape index (κ3) is 5.55. The zero-order valence-electron chi connectivity index (χ0n) is 16.2. The highest BCUT2D eigenvalue weighted by molar-refractivity contribution is 7.89. The molecular weight excluding hydrogens is 364 g/mol. The Morgan fingerprint density at radius 1 is 1.11 bits per heavy atom. The Kier molecular flexibility index (Phi) is 5.97. The van der Waals surface area contributed by atoms with E-state index in [1.807, 2.05) is 24.3 Å². The number of hydrogen-bond acceptors (Lipinski definition) is 4. The molecule has 0 radical (unpaired) electrons. The fourth-order valence-electron chi connectivity index (χ4n) is 2.52. The van der Waals surface area contributed by atoms with Crippen molar-refractivity contribution in [3.05, 3.63) is 53.6 Å². The summed E-state index contributed by atoms with van der Waals surface area (Å²) in [6.45, 7) is 9.63. The van der Waals surface area contributed by atoms with Crippen LogP contribution < -0.4 is 15.2 Å². The highest BCUT2D eigenvalue weighted by Gasteiger charge is 2.18. The second-order valence-corrected chi connectivity index (χ2v) is 9.08. The van der Waals surface area contributed by atoms with Gasteiger partial charge in [0.25, 0.3) is 5.91 Å². The first-order valence-electron chi connectivity index (χ1n) is 8.59. The maximum atomic E-state index is 12.4. The van der Waals surface area contributed by atoms with Crippen molar-refractivity contribution in [2.24, 2.45) is 5.14 Å². The maximum absolute atomic E-state index is 12.4. The SMILES string of the molecule is Cc1ccc(NC(=O)[C@H](C)Oc2ccc(C(C)(C)C)cc2)cc1S(N)(=O)=O. The van der Waals surface area contributed by atoms with Gasteiger partial charge in [-0.25, -0.2) is 13.6 Å². The number of hydrogen-bond donors (Lipinski definition) is 2. The molecule has 0 saturated heterocycles. The molecule has 2 rings (SSSR count). The first-order chi connectivity index (χ1) is 12.4. The molecule has 3 N–H and O–H groups in total. The van der Waals surface area contributed by atoms with E-state index in [4.69, 9.17) is 9.88 Å². The third-order valence-electron chi connectivity index (χ3n) is 4.16. The highest BCUT2D eigenvalue weighted by Crippen LogP contribution is 2.25. The lowest BCUT2D eigenvalue weighted by Gasteiger charge is -2.20. The van der Waals surface area contributed by atoms with E-state index in [1.165, 1.54) is 11.6 Å². The molecule has 1 amide bonds. The number of amides is 1. The average Bonchev–Trinajstić information content (AvgIpc) is 2.55. The fourth-order valence-corrected chi connectivity index (χ4v) is 3.33. The molecule has 0 spiro atoms. The molecule has 0 unspecified atom stereocenters. The number of sulfonamides is 1. The van der Waals surface area contributed by atoms with Gasteiger partial charge in [-0.2, -0.15) is 0 Å². The number of rotatable bonds is 5. The van der Waals surface area contributed by atoms with Gasteiger partial charge in [0.2, 0.25) is 10.0 Å². The second kappa shape index (κ2) is 7.70. The summed E-state index contributed by atoms with van der Waals surface area (Å²) in [6, 6.07) is 12.1. The molecule has 0 aliphatic heterocycles. The minimum absolute atomic E-state index is 0.0216. The molecule has 2 aromatic rings. The minimum Gasteiger partial charge on any atom is -0.481 e. The van der Waals surface area contributed by atoms with Gasteiger partial charge in [0.15, 0.2) is 6.10 Å². The Morgan fingerprint density at radius 3 is 2.22 bits per heavy atom. The van der Waals surface area contributed by atoms with Crippen molar-refractivity contribution in [2.75, 3.05) is 5.32 Å². The Morgan fingerprint density at radius 2 is 1.70 bits per heavy atom. The summed E-state index contributed by atoms with van der Waals surface area (Å²) >= 11 is 0. The molecule has 0 heterocycles. The highest BCUT2D eigenvalue weighted by atomic mass is 32.2. The summed E-state index contributed by atoms with van der Waals surface area (Å²) < 4.78 is 28.9. The van der Waals surface area contributed by atoms with E-state index in [-0.39, 0.29) is 16.2 Å². The van der Waals surface area contributed by atoms with Crippen molar-refractivity contribution in [2.45, 2.75) is 51.0 Å². The summed E-state index contributed by atoms with van der Waals surface area (Å²) in [5.74, 6) is 0.193. The van der Waals surface area contributed by atoms with Crippen LogP contribution in [0.5, 0.6) is 5.75 Å².